The smallest absolute Gasteiger partial charge is 0.360 e. The van der Waals surface area contributed by atoms with Crippen LogP contribution in [0.15, 0.2) is 132 Å². The number of amides is 1. The Bertz CT molecular complexity index is 2050. The van der Waals surface area contributed by atoms with Gasteiger partial charge in [-0.05, 0) is 29.2 Å². The second-order valence-electron chi connectivity index (χ2n) is 11.6. The number of benzene rings is 4. The van der Waals surface area contributed by atoms with Gasteiger partial charge in [-0.15, -0.1) is 0 Å². The molecule has 6 aromatic rings. The molecule has 0 bridgehead atoms. The number of aromatic amines is 1. The van der Waals surface area contributed by atoms with Gasteiger partial charge in [0.25, 0.3) is 0 Å². The Morgan fingerprint density at radius 2 is 1.46 bits per heavy atom. The van der Waals surface area contributed by atoms with Gasteiger partial charge < -0.3 is 24.2 Å². The minimum Gasteiger partial charge on any atom is -0.456 e. The highest BCUT2D eigenvalue weighted by Gasteiger charge is 2.28. The molecular formula is C40H36N4O6. The third kappa shape index (κ3) is 8.69. The van der Waals surface area contributed by atoms with Crippen LogP contribution in [0.3, 0.4) is 0 Å². The first-order valence-corrected chi connectivity index (χ1v) is 16.3. The van der Waals surface area contributed by atoms with E-state index in [1.165, 1.54) is 6.39 Å². The molecule has 2 atom stereocenters. The summed E-state index contributed by atoms with van der Waals surface area (Å²) < 4.78 is 17.3. The van der Waals surface area contributed by atoms with Crippen LogP contribution in [-0.2, 0) is 45.1 Å². The van der Waals surface area contributed by atoms with E-state index >= 15 is 0 Å². The topological polar surface area (TPSA) is 136 Å². The Labute approximate surface area is 289 Å². The van der Waals surface area contributed by atoms with E-state index in [-0.39, 0.29) is 43.4 Å². The fraction of sp³-hybridized carbons (Fsp3) is 0.175. The van der Waals surface area contributed by atoms with E-state index < -0.39 is 18.2 Å². The molecule has 2 heterocycles. The van der Waals surface area contributed by atoms with Crippen LogP contribution in [0, 0.1) is 0 Å². The first-order chi connectivity index (χ1) is 24.6. The van der Waals surface area contributed by atoms with E-state index in [1.54, 1.807) is 6.20 Å². The van der Waals surface area contributed by atoms with Gasteiger partial charge in [-0.2, -0.15) is 0 Å². The van der Waals surface area contributed by atoms with Crippen molar-refractivity contribution in [1.82, 2.24) is 20.6 Å². The van der Waals surface area contributed by atoms with Crippen molar-refractivity contribution in [3.8, 4) is 0 Å². The van der Waals surface area contributed by atoms with Crippen LogP contribution in [-0.4, -0.2) is 46.6 Å². The molecule has 0 saturated carbocycles. The lowest BCUT2D eigenvalue weighted by atomic mass is 10.0. The molecule has 252 valence electrons. The van der Waals surface area contributed by atoms with E-state index in [9.17, 15) is 14.4 Å². The molecule has 1 amide bonds. The fourth-order valence-electron chi connectivity index (χ4n) is 5.60. The highest BCUT2D eigenvalue weighted by Crippen LogP contribution is 2.27. The number of ether oxygens (including phenoxy) is 2. The van der Waals surface area contributed by atoms with Gasteiger partial charge in [0, 0.05) is 35.6 Å². The van der Waals surface area contributed by atoms with Crippen molar-refractivity contribution in [1.29, 1.82) is 0 Å². The zero-order valence-electron chi connectivity index (χ0n) is 27.2. The number of nitrogens with zero attached hydrogens (tertiary/aromatic N) is 1. The van der Waals surface area contributed by atoms with E-state index in [0.717, 1.165) is 27.6 Å². The van der Waals surface area contributed by atoms with E-state index in [2.05, 4.69) is 26.5 Å². The predicted octanol–water partition coefficient (Wildman–Crippen LogP) is 5.83. The molecule has 6 rings (SSSR count). The van der Waals surface area contributed by atoms with Gasteiger partial charge in [-0.3, -0.25) is 10.1 Å². The zero-order chi connectivity index (χ0) is 34.5. The third-order valence-corrected chi connectivity index (χ3v) is 8.16. The fourth-order valence-corrected chi connectivity index (χ4v) is 5.60. The number of hydrogen-bond acceptors (Lipinski definition) is 8. The van der Waals surface area contributed by atoms with Crippen molar-refractivity contribution < 1.29 is 28.3 Å². The Balaban J connectivity index is 1.19. The summed E-state index contributed by atoms with van der Waals surface area (Å²) >= 11 is 0. The molecule has 0 fully saturated rings. The second kappa shape index (κ2) is 16.9. The number of rotatable bonds is 16. The standard InChI is InChI=1S/C40H36N4O6/c45-24-33(32-23-42-34-19-11-10-18-31(32)34)39(48-25-29-14-6-2-7-15-29)44-35(22-28-12-4-1-5-13-28)38(46)41-21-20-36-37(43-27-50-36)40(47)49-26-30-16-8-3-9-17-30/h1-19,23,27,35,39,42,44H,20-22,25-26H2,(H,41,46)/t35-,39-/m0/s1. The number of nitrogens with one attached hydrogen (secondary N) is 3. The minimum absolute atomic E-state index is 0.0583. The zero-order valence-corrected chi connectivity index (χ0v) is 27.2. The SMILES string of the molecule is O=C=C(c1c[nH]c2ccccc12)[C@@H](N[C@@H](Cc1ccccc1)C(=O)NCCc1ocnc1C(=O)OCc1ccccc1)OCc1ccccc1. The molecule has 3 N–H and O–H groups in total. The van der Waals surface area contributed by atoms with E-state index in [4.69, 9.17) is 13.9 Å². The van der Waals surface area contributed by atoms with Gasteiger partial charge in [0.05, 0.1) is 18.2 Å². The summed E-state index contributed by atoms with van der Waals surface area (Å²) in [7, 11) is 0. The summed E-state index contributed by atoms with van der Waals surface area (Å²) in [5, 5.41) is 7.11. The van der Waals surface area contributed by atoms with Crippen molar-refractivity contribution >= 4 is 34.3 Å². The first-order valence-electron chi connectivity index (χ1n) is 16.3. The van der Waals surface area contributed by atoms with Gasteiger partial charge in [0.2, 0.25) is 5.91 Å². The number of carbonyl (C=O) groups excluding carboxylic acids is 3. The first kappa shape index (κ1) is 33.8. The summed E-state index contributed by atoms with van der Waals surface area (Å²) in [5.74, 6) is 1.45. The molecule has 0 aliphatic rings. The second-order valence-corrected chi connectivity index (χ2v) is 11.6. The van der Waals surface area contributed by atoms with Crippen molar-refractivity contribution in [2.24, 2.45) is 0 Å². The summed E-state index contributed by atoms with van der Waals surface area (Å²) in [6.45, 7) is 0.424. The maximum Gasteiger partial charge on any atom is 0.360 e. The van der Waals surface area contributed by atoms with Crippen LogP contribution in [0.4, 0.5) is 0 Å². The van der Waals surface area contributed by atoms with E-state index in [0.29, 0.717) is 17.7 Å². The van der Waals surface area contributed by atoms with Crippen LogP contribution in [0.25, 0.3) is 16.5 Å². The van der Waals surface area contributed by atoms with Crippen LogP contribution in [0.2, 0.25) is 0 Å². The number of esters is 1. The number of hydrogen-bond donors (Lipinski definition) is 3. The molecule has 10 nitrogen and oxygen atoms in total. The predicted molar refractivity (Wildman–Crippen MR) is 188 cm³/mol. The van der Waals surface area contributed by atoms with Crippen LogP contribution < -0.4 is 10.6 Å². The summed E-state index contributed by atoms with van der Waals surface area (Å²) in [6, 6.07) is 35.3. The monoisotopic (exact) mass is 668 g/mol. The minimum atomic E-state index is -0.994. The highest BCUT2D eigenvalue weighted by molar-refractivity contribution is 6.01. The molecule has 4 aromatic carbocycles. The lowest BCUT2D eigenvalue weighted by Gasteiger charge is -2.26. The molecule has 50 heavy (non-hydrogen) atoms. The molecule has 0 spiro atoms. The number of aromatic nitrogens is 2. The molecule has 0 unspecified atom stereocenters. The third-order valence-electron chi connectivity index (χ3n) is 8.16. The summed E-state index contributed by atoms with van der Waals surface area (Å²) in [6.07, 6.45) is 2.44. The maximum absolute atomic E-state index is 13.9. The molecule has 0 saturated heterocycles. The number of fused-ring (bicyclic) bond motifs is 1. The molecule has 10 heteroatoms. The average molecular weight is 669 g/mol. The highest BCUT2D eigenvalue weighted by atomic mass is 16.5. The molecule has 2 aromatic heterocycles. The molecule has 0 radical (unpaired) electrons. The largest absolute Gasteiger partial charge is 0.456 e. The Kier molecular flexibility index (Phi) is 11.4. The Hall–Kier alpha value is -6.06. The molecule has 0 aliphatic carbocycles. The normalized spacial score (nSPS) is 12.2. The Morgan fingerprint density at radius 3 is 2.16 bits per heavy atom. The summed E-state index contributed by atoms with van der Waals surface area (Å²) in [4.78, 5) is 46.6. The lowest BCUT2D eigenvalue weighted by Crippen LogP contribution is -2.51. The van der Waals surface area contributed by atoms with Crippen molar-refractivity contribution in [3.05, 3.63) is 162 Å². The van der Waals surface area contributed by atoms with Gasteiger partial charge in [0.1, 0.15) is 24.5 Å². The number of oxazole rings is 1. The summed E-state index contributed by atoms with van der Waals surface area (Å²) in [5.41, 5.74) is 4.41. The Morgan fingerprint density at radius 1 is 0.820 bits per heavy atom. The number of carbonyl (C=O) groups is 2. The lowest BCUT2D eigenvalue weighted by molar-refractivity contribution is -0.124. The van der Waals surface area contributed by atoms with Gasteiger partial charge >= 0.3 is 5.97 Å². The van der Waals surface area contributed by atoms with E-state index in [1.807, 2.05) is 115 Å². The molecule has 0 aliphatic heterocycles. The van der Waals surface area contributed by atoms with Crippen LogP contribution in [0.1, 0.15) is 38.5 Å². The van der Waals surface area contributed by atoms with Crippen molar-refractivity contribution in [3.63, 3.8) is 0 Å². The van der Waals surface area contributed by atoms with Crippen molar-refractivity contribution in [2.45, 2.75) is 38.3 Å². The van der Waals surface area contributed by atoms with Gasteiger partial charge in [-0.1, -0.05) is 109 Å². The average Bonchev–Trinajstić information content (AvgIpc) is 3.82. The van der Waals surface area contributed by atoms with Gasteiger partial charge in [0.15, 0.2) is 12.1 Å². The van der Waals surface area contributed by atoms with Crippen LogP contribution in [0.5, 0.6) is 0 Å². The maximum atomic E-state index is 13.9. The van der Waals surface area contributed by atoms with Crippen molar-refractivity contribution in [2.75, 3.05) is 6.54 Å². The quantitative estimate of drug-likeness (QED) is 0.0666. The van der Waals surface area contributed by atoms with Crippen LogP contribution >= 0.6 is 0 Å². The number of H-pyrrole nitrogens is 1. The number of para-hydroxylation sites is 1. The van der Waals surface area contributed by atoms with Gasteiger partial charge in [-0.25, -0.2) is 14.6 Å². The molecular weight excluding hydrogens is 632 g/mol.